The van der Waals surface area contributed by atoms with Gasteiger partial charge in [-0.15, -0.1) is 0 Å². The average molecular weight is 761 g/mol. The van der Waals surface area contributed by atoms with Gasteiger partial charge in [0.15, 0.2) is 5.75 Å². The summed E-state index contributed by atoms with van der Waals surface area (Å²) in [6, 6.07) is 61.5. The normalized spacial score (nSPS) is 10.9. The van der Waals surface area contributed by atoms with E-state index in [1.165, 1.54) is 15.6 Å². The van der Waals surface area contributed by atoms with E-state index < -0.39 is 8.32 Å². The Morgan fingerprint density at radius 2 is 1.09 bits per heavy atom. The van der Waals surface area contributed by atoms with E-state index in [9.17, 15) is 0 Å². The van der Waals surface area contributed by atoms with E-state index in [0.29, 0.717) is 5.75 Å². The van der Waals surface area contributed by atoms with Gasteiger partial charge in [-0.2, -0.15) is 5.10 Å². The number of aromatic nitrogens is 4. The van der Waals surface area contributed by atoms with Crippen LogP contribution < -0.4 is 20.3 Å². The fourth-order valence-corrected chi connectivity index (χ4v) is 11.4. The molecule has 2 radical (unpaired) electrons. The second kappa shape index (κ2) is 18.5. The Morgan fingerprint density at radius 3 is 1.59 bits per heavy atom. The van der Waals surface area contributed by atoms with Crippen LogP contribution in [0.25, 0.3) is 39.6 Å². The quantitative estimate of drug-likeness (QED) is 0.0707. The summed E-state index contributed by atoms with van der Waals surface area (Å²) in [6.07, 6.45) is 5.34. The van der Waals surface area contributed by atoms with Crippen molar-refractivity contribution < 1.29 is 8.21 Å². The minimum absolute atomic E-state index is 0.700. The highest BCUT2D eigenvalue weighted by molar-refractivity contribution is 7.08. The van der Waals surface area contributed by atoms with Crippen LogP contribution in [0.5, 0.6) is 5.75 Å². The molecular formula is C48H41AlN4O2Si. The van der Waals surface area contributed by atoms with Crippen molar-refractivity contribution in [1.29, 1.82) is 0 Å². The van der Waals surface area contributed by atoms with Crippen molar-refractivity contribution in [2.45, 2.75) is 19.8 Å². The highest BCUT2D eigenvalue weighted by atomic mass is 28.4. The molecule has 3 heterocycles. The Hall–Kier alpha value is -6.14. The lowest BCUT2D eigenvalue weighted by molar-refractivity contribution is 0.402. The highest BCUT2D eigenvalue weighted by Crippen LogP contribution is 2.41. The van der Waals surface area contributed by atoms with Crippen LogP contribution in [0.4, 0.5) is 0 Å². The second-order valence-corrected chi connectivity index (χ2v) is 17.1. The Balaban J connectivity index is 0.000000195. The van der Waals surface area contributed by atoms with Gasteiger partial charge in [0.25, 0.3) is 8.32 Å². The number of allylic oxidation sites excluding steroid dienone is 1. The maximum Gasteiger partial charge on any atom is 0.355 e. The molecule has 0 unspecified atom stereocenters. The minimum atomic E-state index is -2.43. The van der Waals surface area contributed by atoms with Crippen LogP contribution in [0.1, 0.15) is 19.8 Å². The first-order chi connectivity index (χ1) is 27.6. The van der Waals surface area contributed by atoms with Crippen molar-refractivity contribution in [2.75, 3.05) is 0 Å². The molecule has 0 spiro atoms. The molecule has 5 aromatic carbocycles. The van der Waals surface area contributed by atoms with Gasteiger partial charge in [-0.25, -0.2) is 4.68 Å². The molecule has 0 amide bonds. The van der Waals surface area contributed by atoms with Gasteiger partial charge in [-0.3, -0.25) is 9.97 Å². The standard InChI is InChI=1S/C30H26N4O.C18H15OSi.Al/c1-3-13-22(2)35-27-19-8-7-18-26(27)34-30(23-14-5-4-6-15-23)28(24-16-9-11-20-31-24)29(33-34)25-17-10-12-21-32-25;19-20(16-10-4-1-5-11-16,17-12-6-2-7-13-17)18-14-8-3-9-15-18;/h4-12,14-21H,2-3,13H2,1H3;1-15H;/q;-1;+1. The van der Waals surface area contributed by atoms with Crippen molar-refractivity contribution >= 4 is 40.5 Å². The number of nitrogens with zero attached hydrogens (tertiary/aromatic N) is 4. The van der Waals surface area contributed by atoms with Gasteiger partial charge in [0.1, 0.15) is 11.4 Å². The van der Waals surface area contributed by atoms with Gasteiger partial charge < -0.3 is 8.21 Å². The third-order valence-corrected chi connectivity index (χ3v) is 14.2. The maximum absolute atomic E-state index is 6.21. The lowest BCUT2D eigenvalue weighted by atomic mass is 10.0. The van der Waals surface area contributed by atoms with Crippen molar-refractivity contribution in [3.8, 4) is 45.3 Å². The molecule has 0 aliphatic rings. The van der Waals surface area contributed by atoms with Crippen molar-refractivity contribution in [3.05, 3.63) is 207 Å². The van der Waals surface area contributed by atoms with Gasteiger partial charge in [-0.05, 0) is 58.4 Å². The molecule has 272 valence electrons. The van der Waals surface area contributed by atoms with Gasteiger partial charge in [0.2, 0.25) is 0 Å². The predicted molar refractivity (Wildman–Crippen MR) is 231 cm³/mol. The van der Waals surface area contributed by atoms with E-state index >= 15 is 0 Å². The van der Waals surface area contributed by atoms with Gasteiger partial charge in [-0.1, -0.05) is 159 Å². The summed E-state index contributed by atoms with van der Waals surface area (Å²) in [4.78, 5) is 9.32. The Morgan fingerprint density at radius 1 is 0.607 bits per heavy atom. The molecule has 0 bridgehead atoms. The van der Waals surface area contributed by atoms with E-state index in [1.807, 2.05) is 102 Å². The number of para-hydroxylation sites is 2. The third kappa shape index (κ3) is 8.25. The Kier molecular flexibility index (Phi) is 12.6. The molecule has 0 aliphatic heterocycles. The van der Waals surface area contributed by atoms with E-state index in [-0.39, 0.29) is 0 Å². The molecule has 0 atom stereocenters. The van der Waals surface area contributed by atoms with Crippen LogP contribution >= 0.6 is 0 Å². The smallest absolute Gasteiger partial charge is 0.355 e. The first-order valence-corrected chi connectivity index (χ1v) is 21.0. The molecule has 0 saturated heterocycles. The van der Waals surface area contributed by atoms with Crippen LogP contribution in [0.3, 0.4) is 0 Å². The molecule has 56 heavy (non-hydrogen) atoms. The highest BCUT2D eigenvalue weighted by Gasteiger charge is 2.38. The zero-order valence-corrected chi connectivity index (χ0v) is 33.4. The topological polar surface area (TPSA) is 62.1 Å². The molecule has 0 N–H and O–H groups in total. The summed E-state index contributed by atoms with van der Waals surface area (Å²) in [6.45, 7) is 6.21. The molecule has 0 saturated carbocycles. The van der Waals surface area contributed by atoms with Gasteiger partial charge in [0, 0.05) is 24.4 Å². The van der Waals surface area contributed by atoms with Crippen LogP contribution in [-0.2, 0) is 3.48 Å². The predicted octanol–water partition coefficient (Wildman–Crippen LogP) is 9.11. The van der Waals surface area contributed by atoms with E-state index in [1.54, 1.807) is 12.4 Å². The third-order valence-electron chi connectivity index (χ3n) is 9.36. The van der Waals surface area contributed by atoms with E-state index in [0.717, 1.165) is 58.2 Å². The molecule has 0 fully saturated rings. The molecule has 3 aromatic heterocycles. The SMILES string of the molecule is C=C(CCC)Oc1ccccc1-n1nc(-c2ccccn2)c(-c2ccccn2)c1-c1ccccc1.[Al][O][Si](c1ccccc1)(c1ccccc1)c1ccccc1. The summed E-state index contributed by atoms with van der Waals surface area (Å²) in [7, 11) is -2.43. The number of benzene rings is 5. The van der Waals surface area contributed by atoms with Crippen molar-refractivity contribution in [3.63, 3.8) is 0 Å². The fourth-order valence-electron chi connectivity index (χ4n) is 6.82. The van der Waals surface area contributed by atoms with Crippen LogP contribution in [0.2, 0.25) is 0 Å². The lowest BCUT2D eigenvalue weighted by Crippen LogP contribution is -2.69. The molecule has 8 rings (SSSR count). The summed E-state index contributed by atoms with van der Waals surface area (Å²) < 4.78 is 14.3. The van der Waals surface area contributed by atoms with Crippen molar-refractivity contribution in [2.24, 2.45) is 0 Å². The molecule has 6 nitrogen and oxygen atoms in total. The number of hydrogen-bond acceptors (Lipinski definition) is 5. The molecule has 8 heteroatoms. The summed E-state index contributed by atoms with van der Waals surface area (Å²) >= 11 is 2.50. The fraction of sp³-hybridized carbons (Fsp3) is 0.0625. The summed E-state index contributed by atoms with van der Waals surface area (Å²) in [5.74, 6) is 1.43. The van der Waals surface area contributed by atoms with Crippen LogP contribution in [0, 0.1) is 0 Å². The Bertz CT molecular complexity index is 2350. The van der Waals surface area contributed by atoms with Crippen LogP contribution in [-0.4, -0.2) is 44.7 Å². The zero-order chi connectivity index (χ0) is 38.6. The molecule has 8 aromatic rings. The summed E-state index contributed by atoms with van der Waals surface area (Å²) in [5.41, 5.74) is 6.03. The minimum Gasteiger partial charge on any atom is -0.548 e. The summed E-state index contributed by atoms with van der Waals surface area (Å²) in [5, 5.41) is 8.86. The number of hydrogen-bond donors (Lipinski definition) is 0. The number of ether oxygens (including phenoxy) is 1. The van der Waals surface area contributed by atoms with Gasteiger partial charge >= 0.3 is 16.6 Å². The molecular weight excluding hydrogens is 720 g/mol. The first kappa shape index (κ1) is 38.1. The molecule has 0 aliphatic carbocycles. The largest absolute Gasteiger partial charge is 0.548 e. The maximum atomic E-state index is 6.21. The van der Waals surface area contributed by atoms with E-state index in [2.05, 4.69) is 120 Å². The number of rotatable bonds is 12. The van der Waals surface area contributed by atoms with Gasteiger partial charge in [0.05, 0.1) is 28.4 Å². The van der Waals surface area contributed by atoms with Crippen molar-refractivity contribution in [1.82, 2.24) is 19.7 Å². The monoisotopic (exact) mass is 760 g/mol. The van der Waals surface area contributed by atoms with E-state index in [4.69, 9.17) is 18.3 Å². The first-order valence-electron chi connectivity index (χ1n) is 18.6. The second-order valence-electron chi connectivity index (χ2n) is 13.0. The zero-order valence-electron chi connectivity index (χ0n) is 31.3. The lowest BCUT2D eigenvalue weighted by Gasteiger charge is -2.33. The van der Waals surface area contributed by atoms with Crippen LogP contribution in [0.15, 0.2) is 207 Å². The Labute approximate surface area is 338 Å². The average Bonchev–Trinajstić information content (AvgIpc) is 3.67. The number of pyridine rings is 2.